The maximum atomic E-state index is 13.2. The SMILES string of the molecule is Fc1ccnc(C2CCCc3cccnc32)c1. The summed E-state index contributed by atoms with van der Waals surface area (Å²) in [7, 11) is 0. The van der Waals surface area contributed by atoms with Crippen LogP contribution in [0.25, 0.3) is 0 Å². The van der Waals surface area contributed by atoms with Gasteiger partial charge in [0, 0.05) is 18.3 Å². The minimum Gasteiger partial charge on any atom is -0.260 e. The van der Waals surface area contributed by atoms with Crippen LogP contribution in [0.3, 0.4) is 0 Å². The number of hydrogen-bond acceptors (Lipinski definition) is 2. The summed E-state index contributed by atoms with van der Waals surface area (Å²) in [5, 5.41) is 0. The van der Waals surface area contributed by atoms with Crippen LogP contribution in [-0.2, 0) is 6.42 Å². The van der Waals surface area contributed by atoms with Gasteiger partial charge in [-0.05, 0) is 43.0 Å². The van der Waals surface area contributed by atoms with Crippen LogP contribution in [0.4, 0.5) is 4.39 Å². The van der Waals surface area contributed by atoms with E-state index >= 15 is 0 Å². The number of rotatable bonds is 1. The van der Waals surface area contributed by atoms with Gasteiger partial charge in [0.2, 0.25) is 0 Å². The maximum Gasteiger partial charge on any atom is 0.126 e. The zero-order valence-corrected chi connectivity index (χ0v) is 9.44. The fourth-order valence-electron chi connectivity index (χ4n) is 2.51. The minimum atomic E-state index is -0.224. The second-order valence-corrected chi connectivity index (χ2v) is 4.39. The molecular weight excluding hydrogens is 215 g/mol. The van der Waals surface area contributed by atoms with Crippen molar-refractivity contribution in [3.05, 3.63) is 59.4 Å². The molecule has 3 rings (SSSR count). The van der Waals surface area contributed by atoms with Crippen LogP contribution in [0.5, 0.6) is 0 Å². The highest BCUT2D eigenvalue weighted by molar-refractivity contribution is 5.32. The van der Waals surface area contributed by atoms with Gasteiger partial charge in [0.05, 0.1) is 11.4 Å². The lowest BCUT2D eigenvalue weighted by atomic mass is 9.84. The van der Waals surface area contributed by atoms with Crippen molar-refractivity contribution in [3.8, 4) is 0 Å². The largest absolute Gasteiger partial charge is 0.260 e. The van der Waals surface area contributed by atoms with Gasteiger partial charge in [-0.1, -0.05) is 6.07 Å². The van der Waals surface area contributed by atoms with Crippen LogP contribution in [0, 0.1) is 5.82 Å². The average Bonchev–Trinajstić information content (AvgIpc) is 2.38. The minimum absolute atomic E-state index is 0.149. The molecule has 1 aliphatic rings. The van der Waals surface area contributed by atoms with E-state index in [1.807, 2.05) is 6.07 Å². The monoisotopic (exact) mass is 228 g/mol. The predicted octanol–water partition coefficient (Wildman–Crippen LogP) is 3.08. The van der Waals surface area contributed by atoms with Gasteiger partial charge in [-0.25, -0.2) is 4.39 Å². The lowest BCUT2D eigenvalue weighted by molar-refractivity contribution is 0.574. The Bertz CT molecular complexity index is 539. The van der Waals surface area contributed by atoms with E-state index in [1.54, 1.807) is 6.20 Å². The predicted molar refractivity (Wildman–Crippen MR) is 63.2 cm³/mol. The Morgan fingerprint density at radius 1 is 1.18 bits per heavy atom. The van der Waals surface area contributed by atoms with E-state index in [9.17, 15) is 4.39 Å². The van der Waals surface area contributed by atoms with E-state index in [-0.39, 0.29) is 11.7 Å². The fraction of sp³-hybridized carbons (Fsp3) is 0.286. The first-order valence-corrected chi connectivity index (χ1v) is 5.90. The average molecular weight is 228 g/mol. The Hall–Kier alpha value is -1.77. The van der Waals surface area contributed by atoms with Gasteiger partial charge in [0.25, 0.3) is 0 Å². The lowest BCUT2D eigenvalue weighted by Crippen LogP contribution is -2.14. The van der Waals surface area contributed by atoms with Crippen molar-refractivity contribution in [2.24, 2.45) is 0 Å². The van der Waals surface area contributed by atoms with Gasteiger partial charge in [-0.15, -0.1) is 0 Å². The molecule has 0 aliphatic heterocycles. The third kappa shape index (κ3) is 1.93. The second kappa shape index (κ2) is 4.24. The lowest BCUT2D eigenvalue weighted by Gasteiger charge is -2.23. The summed E-state index contributed by atoms with van der Waals surface area (Å²) in [4.78, 5) is 8.73. The van der Waals surface area contributed by atoms with Gasteiger partial charge in [0.15, 0.2) is 0 Å². The fourth-order valence-corrected chi connectivity index (χ4v) is 2.51. The molecule has 0 saturated heterocycles. The smallest absolute Gasteiger partial charge is 0.126 e. The van der Waals surface area contributed by atoms with Gasteiger partial charge < -0.3 is 0 Å². The van der Waals surface area contributed by atoms with Crippen molar-refractivity contribution in [2.75, 3.05) is 0 Å². The van der Waals surface area contributed by atoms with E-state index in [0.717, 1.165) is 30.7 Å². The first-order chi connectivity index (χ1) is 8.34. The molecule has 0 N–H and O–H groups in total. The molecule has 17 heavy (non-hydrogen) atoms. The molecule has 0 radical (unpaired) electrons. The number of pyridine rings is 2. The second-order valence-electron chi connectivity index (χ2n) is 4.39. The number of aryl methyl sites for hydroxylation is 1. The topological polar surface area (TPSA) is 25.8 Å². The van der Waals surface area contributed by atoms with Crippen LogP contribution in [0.15, 0.2) is 36.7 Å². The molecule has 86 valence electrons. The standard InChI is InChI=1S/C14H13FN2/c15-11-6-8-16-13(9-11)12-5-1-3-10-4-2-7-17-14(10)12/h2,4,6-9,12H,1,3,5H2. The summed E-state index contributed by atoms with van der Waals surface area (Å²) in [5.41, 5.74) is 3.14. The van der Waals surface area contributed by atoms with Crippen molar-refractivity contribution in [3.63, 3.8) is 0 Å². The molecule has 1 aliphatic carbocycles. The van der Waals surface area contributed by atoms with Crippen LogP contribution in [0.2, 0.25) is 0 Å². The molecule has 1 unspecified atom stereocenters. The molecule has 3 heteroatoms. The number of fused-ring (bicyclic) bond motifs is 1. The van der Waals surface area contributed by atoms with Crippen molar-refractivity contribution in [2.45, 2.75) is 25.2 Å². The first kappa shape index (κ1) is 10.4. The number of halogens is 1. The zero-order valence-electron chi connectivity index (χ0n) is 9.44. The Balaban J connectivity index is 2.06. The van der Waals surface area contributed by atoms with Gasteiger partial charge >= 0.3 is 0 Å². The molecule has 2 heterocycles. The van der Waals surface area contributed by atoms with Crippen LogP contribution < -0.4 is 0 Å². The number of hydrogen-bond donors (Lipinski definition) is 0. The summed E-state index contributed by atoms with van der Waals surface area (Å²) in [6.45, 7) is 0. The molecule has 2 aromatic rings. The molecule has 0 amide bonds. The highest BCUT2D eigenvalue weighted by Crippen LogP contribution is 2.34. The quantitative estimate of drug-likeness (QED) is 0.749. The Morgan fingerprint density at radius 3 is 3.00 bits per heavy atom. The van der Waals surface area contributed by atoms with E-state index < -0.39 is 0 Å². The van der Waals surface area contributed by atoms with Gasteiger partial charge in [0.1, 0.15) is 5.82 Å². The summed E-state index contributed by atoms with van der Waals surface area (Å²) in [5.74, 6) is -0.0753. The third-order valence-electron chi connectivity index (χ3n) is 3.30. The molecule has 2 aromatic heterocycles. The van der Waals surface area contributed by atoms with Gasteiger partial charge in [-0.3, -0.25) is 9.97 Å². The Kier molecular flexibility index (Phi) is 2.59. The molecule has 0 fully saturated rings. The molecular formula is C14H13FN2. The van der Waals surface area contributed by atoms with Crippen LogP contribution in [0.1, 0.15) is 35.7 Å². The van der Waals surface area contributed by atoms with Crippen molar-refractivity contribution >= 4 is 0 Å². The van der Waals surface area contributed by atoms with E-state index in [1.165, 1.54) is 23.9 Å². The summed E-state index contributed by atoms with van der Waals surface area (Å²) >= 11 is 0. The highest BCUT2D eigenvalue weighted by atomic mass is 19.1. The molecule has 0 spiro atoms. The first-order valence-electron chi connectivity index (χ1n) is 5.90. The maximum absolute atomic E-state index is 13.2. The van der Waals surface area contributed by atoms with E-state index in [2.05, 4.69) is 16.0 Å². The molecule has 0 aromatic carbocycles. The molecule has 1 atom stereocenters. The van der Waals surface area contributed by atoms with Crippen molar-refractivity contribution in [1.29, 1.82) is 0 Å². The Morgan fingerprint density at radius 2 is 2.12 bits per heavy atom. The van der Waals surface area contributed by atoms with E-state index in [0.29, 0.717) is 0 Å². The molecule has 0 saturated carbocycles. The van der Waals surface area contributed by atoms with Crippen LogP contribution in [-0.4, -0.2) is 9.97 Å². The normalized spacial score (nSPS) is 18.8. The van der Waals surface area contributed by atoms with Gasteiger partial charge in [-0.2, -0.15) is 0 Å². The molecule has 0 bridgehead atoms. The van der Waals surface area contributed by atoms with Crippen molar-refractivity contribution < 1.29 is 4.39 Å². The summed E-state index contributed by atoms with van der Waals surface area (Å²) in [6.07, 6.45) is 6.51. The Labute approximate surface area is 99.5 Å². The summed E-state index contributed by atoms with van der Waals surface area (Å²) < 4.78 is 13.2. The summed E-state index contributed by atoms with van der Waals surface area (Å²) in [6, 6.07) is 6.97. The highest BCUT2D eigenvalue weighted by Gasteiger charge is 2.23. The number of nitrogens with zero attached hydrogens (tertiary/aromatic N) is 2. The van der Waals surface area contributed by atoms with Crippen LogP contribution >= 0.6 is 0 Å². The third-order valence-corrected chi connectivity index (χ3v) is 3.30. The van der Waals surface area contributed by atoms with Crippen molar-refractivity contribution in [1.82, 2.24) is 9.97 Å². The zero-order chi connectivity index (χ0) is 11.7. The number of aromatic nitrogens is 2. The molecule has 2 nitrogen and oxygen atoms in total. The van der Waals surface area contributed by atoms with E-state index in [4.69, 9.17) is 0 Å².